The van der Waals surface area contributed by atoms with E-state index in [1.165, 1.54) is 0 Å². The van der Waals surface area contributed by atoms with E-state index in [-0.39, 0.29) is 18.5 Å². The molecule has 124 valence electrons. The van der Waals surface area contributed by atoms with Gasteiger partial charge in [0.15, 0.2) is 0 Å². The predicted molar refractivity (Wildman–Crippen MR) is 90.5 cm³/mol. The molecule has 0 unspecified atom stereocenters. The van der Waals surface area contributed by atoms with Crippen LogP contribution in [0.15, 0.2) is 48.8 Å². The van der Waals surface area contributed by atoms with Crippen molar-refractivity contribution >= 4 is 11.9 Å². The van der Waals surface area contributed by atoms with Gasteiger partial charge in [-0.05, 0) is 49.1 Å². The fraction of sp³-hybridized carbons (Fsp3) is 0.316. The van der Waals surface area contributed by atoms with E-state index in [1.54, 1.807) is 29.4 Å². The van der Waals surface area contributed by atoms with E-state index in [1.807, 2.05) is 31.2 Å². The number of hydrogen-bond acceptors (Lipinski definition) is 3. The first-order valence-corrected chi connectivity index (χ1v) is 8.10. The number of pyridine rings is 1. The molecule has 1 aliphatic heterocycles. The van der Waals surface area contributed by atoms with Gasteiger partial charge in [0.2, 0.25) is 0 Å². The Balaban J connectivity index is 1.78. The van der Waals surface area contributed by atoms with Gasteiger partial charge in [0, 0.05) is 30.5 Å². The zero-order valence-corrected chi connectivity index (χ0v) is 13.6. The second-order valence-corrected chi connectivity index (χ2v) is 6.24. The van der Waals surface area contributed by atoms with Gasteiger partial charge in [-0.3, -0.25) is 14.6 Å². The van der Waals surface area contributed by atoms with Gasteiger partial charge in [0.25, 0.3) is 5.91 Å². The van der Waals surface area contributed by atoms with Crippen molar-refractivity contribution in [3.8, 4) is 11.1 Å². The molecule has 5 heteroatoms. The Morgan fingerprint density at radius 2 is 1.88 bits per heavy atom. The van der Waals surface area contributed by atoms with Crippen LogP contribution in [0.25, 0.3) is 11.1 Å². The first-order chi connectivity index (χ1) is 11.6. The van der Waals surface area contributed by atoms with E-state index < -0.39 is 11.9 Å². The number of nitrogens with zero attached hydrogens (tertiary/aromatic N) is 2. The number of carbonyl (C=O) groups excluding carboxylic acids is 1. The number of likely N-dealkylation sites (tertiary alicyclic amines) is 1. The first kappa shape index (κ1) is 16.2. The molecule has 5 nitrogen and oxygen atoms in total. The van der Waals surface area contributed by atoms with Crippen molar-refractivity contribution in [2.75, 3.05) is 6.54 Å². The number of aliphatic carboxylic acids is 1. The molecule has 3 rings (SSSR count). The molecule has 0 radical (unpaired) electrons. The van der Waals surface area contributed by atoms with Crippen molar-refractivity contribution in [2.45, 2.75) is 25.8 Å². The van der Waals surface area contributed by atoms with Crippen molar-refractivity contribution < 1.29 is 14.7 Å². The second-order valence-electron chi connectivity index (χ2n) is 6.24. The zero-order valence-electron chi connectivity index (χ0n) is 13.6. The SMILES string of the molecule is C[C@H]1CC[C@@H](C(=O)O)CN1C(=O)c1ccc(-c2cccnc2)cc1. The molecule has 1 amide bonds. The number of piperidine rings is 1. The van der Waals surface area contributed by atoms with Crippen LogP contribution in [0.3, 0.4) is 0 Å². The summed E-state index contributed by atoms with van der Waals surface area (Å²) in [5.41, 5.74) is 2.57. The summed E-state index contributed by atoms with van der Waals surface area (Å²) >= 11 is 0. The number of carboxylic acid groups (broad SMARTS) is 1. The molecule has 1 fully saturated rings. The van der Waals surface area contributed by atoms with E-state index in [9.17, 15) is 14.7 Å². The van der Waals surface area contributed by atoms with Gasteiger partial charge in [-0.1, -0.05) is 18.2 Å². The summed E-state index contributed by atoms with van der Waals surface area (Å²) in [7, 11) is 0. The number of amides is 1. The predicted octanol–water partition coefficient (Wildman–Crippen LogP) is 3.07. The highest BCUT2D eigenvalue weighted by atomic mass is 16.4. The molecule has 1 aromatic carbocycles. The minimum Gasteiger partial charge on any atom is -0.481 e. The van der Waals surface area contributed by atoms with Crippen molar-refractivity contribution in [3.05, 3.63) is 54.4 Å². The van der Waals surface area contributed by atoms with Gasteiger partial charge >= 0.3 is 5.97 Å². The second kappa shape index (κ2) is 6.83. The third-order valence-corrected chi connectivity index (χ3v) is 4.62. The maximum absolute atomic E-state index is 12.7. The molecule has 1 saturated heterocycles. The lowest BCUT2D eigenvalue weighted by Gasteiger charge is -2.36. The average molecular weight is 324 g/mol. The topological polar surface area (TPSA) is 70.5 Å². The smallest absolute Gasteiger partial charge is 0.308 e. The molecule has 1 aliphatic rings. The number of rotatable bonds is 3. The number of aromatic nitrogens is 1. The van der Waals surface area contributed by atoms with Crippen molar-refractivity contribution in [2.24, 2.45) is 5.92 Å². The van der Waals surface area contributed by atoms with Crippen LogP contribution >= 0.6 is 0 Å². The number of carboxylic acids is 1. The van der Waals surface area contributed by atoms with Crippen molar-refractivity contribution in [3.63, 3.8) is 0 Å². The molecular formula is C19H20N2O3. The Hall–Kier alpha value is -2.69. The van der Waals surface area contributed by atoms with Crippen molar-refractivity contribution in [1.82, 2.24) is 9.88 Å². The molecule has 1 N–H and O–H groups in total. The molecule has 0 saturated carbocycles. The van der Waals surface area contributed by atoms with Gasteiger partial charge in [0.1, 0.15) is 0 Å². The normalized spacial score (nSPS) is 20.6. The highest BCUT2D eigenvalue weighted by Crippen LogP contribution is 2.25. The van der Waals surface area contributed by atoms with Crippen LogP contribution in [0.5, 0.6) is 0 Å². The first-order valence-electron chi connectivity index (χ1n) is 8.10. The van der Waals surface area contributed by atoms with Crippen LogP contribution in [0.2, 0.25) is 0 Å². The summed E-state index contributed by atoms with van der Waals surface area (Å²) < 4.78 is 0. The van der Waals surface area contributed by atoms with Gasteiger partial charge < -0.3 is 10.0 Å². The fourth-order valence-corrected chi connectivity index (χ4v) is 3.10. The Kier molecular flexibility index (Phi) is 4.60. The molecule has 2 atom stereocenters. The third-order valence-electron chi connectivity index (χ3n) is 4.62. The Labute approximate surface area is 140 Å². The van der Waals surface area contributed by atoms with E-state index in [4.69, 9.17) is 0 Å². The summed E-state index contributed by atoms with van der Waals surface area (Å²) in [4.78, 5) is 29.7. The standard InChI is InChI=1S/C19H20N2O3/c1-13-4-5-17(19(23)24)12-21(13)18(22)15-8-6-14(7-9-15)16-3-2-10-20-11-16/h2-3,6-11,13,17H,4-5,12H2,1H3,(H,23,24)/t13-,17+/m0/s1. The summed E-state index contributed by atoms with van der Waals surface area (Å²) in [5.74, 6) is -1.40. The van der Waals surface area contributed by atoms with Crippen LogP contribution in [0.4, 0.5) is 0 Å². The van der Waals surface area contributed by atoms with E-state index >= 15 is 0 Å². The molecule has 2 aromatic rings. The number of hydrogen-bond donors (Lipinski definition) is 1. The van der Waals surface area contributed by atoms with Gasteiger partial charge in [-0.15, -0.1) is 0 Å². The van der Waals surface area contributed by atoms with Gasteiger partial charge in [-0.25, -0.2) is 0 Å². The summed E-state index contributed by atoms with van der Waals surface area (Å²) in [5, 5.41) is 9.21. The maximum Gasteiger partial charge on any atom is 0.308 e. The molecule has 0 aliphatic carbocycles. The lowest BCUT2D eigenvalue weighted by Crippen LogP contribution is -2.47. The Morgan fingerprint density at radius 1 is 1.12 bits per heavy atom. The molecule has 0 spiro atoms. The zero-order chi connectivity index (χ0) is 17.1. The molecule has 2 heterocycles. The molecule has 24 heavy (non-hydrogen) atoms. The molecule has 1 aromatic heterocycles. The minimum atomic E-state index is -0.827. The third kappa shape index (κ3) is 3.30. The molecular weight excluding hydrogens is 304 g/mol. The maximum atomic E-state index is 12.7. The highest BCUT2D eigenvalue weighted by molar-refractivity contribution is 5.95. The van der Waals surface area contributed by atoms with E-state index in [0.717, 1.165) is 17.5 Å². The van der Waals surface area contributed by atoms with Crippen LogP contribution in [0.1, 0.15) is 30.1 Å². The van der Waals surface area contributed by atoms with Crippen LogP contribution in [-0.2, 0) is 4.79 Å². The monoisotopic (exact) mass is 324 g/mol. The Morgan fingerprint density at radius 3 is 2.50 bits per heavy atom. The fourth-order valence-electron chi connectivity index (χ4n) is 3.10. The van der Waals surface area contributed by atoms with E-state index in [2.05, 4.69) is 4.98 Å². The quantitative estimate of drug-likeness (QED) is 0.942. The highest BCUT2D eigenvalue weighted by Gasteiger charge is 2.32. The van der Waals surface area contributed by atoms with Gasteiger partial charge in [0.05, 0.1) is 5.92 Å². The van der Waals surface area contributed by atoms with Crippen molar-refractivity contribution in [1.29, 1.82) is 0 Å². The lowest BCUT2D eigenvalue weighted by atomic mass is 9.92. The lowest BCUT2D eigenvalue weighted by molar-refractivity contribution is -0.143. The summed E-state index contributed by atoms with van der Waals surface area (Å²) in [6.45, 7) is 2.25. The van der Waals surface area contributed by atoms with E-state index in [0.29, 0.717) is 12.0 Å². The molecule has 0 bridgehead atoms. The number of benzene rings is 1. The largest absolute Gasteiger partial charge is 0.481 e. The van der Waals surface area contributed by atoms with Gasteiger partial charge in [-0.2, -0.15) is 0 Å². The van der Waals surface area contributed by atoms with Crippen LogP contribution in [0, 0.1) is 5.92 Å². The van der Waals surface area contributed by atoms with Crippen LogP contribution < -0.4 is 0 Å². The summed E-state index contributed by atoms with van der Waals surface area (Å²) in [6, 6.07) is 11.3. The minimum absolute atomic E-state index is 0.0612. The summed E-state index contributed by atoms with van der Waals surface area (Å²) in [6.07, 6.45) is 4.84. The average Bonchev–Trinajstić information content (AvgIpc) is 2.62. The van der Waals surface area contributed by atoms with Crippen LogP contribution in [-0.4, -0.2) is 39.5 Å². The number of carbonyl (C=O) groups is 2. The Bertz CT molecular complexity index is 728.